The Hall–Kier alpha value is -2.34. The third-order valence-corrected chi connectivity index (χ3v) is 8.59. The van der Waals surface area contributed by atoms with Crippen LogP contribution in [-0.4, -0.2) is 38.2 Å². The lowest BCUT2D eigenvalue weighted by Gasteiger charge is -2.33. The molecule has 5 heteroatoms. The van der Waals surface area contributed by atoms with Gasteiger partial charge >= 0.3 is 0 Å². The minimum absolute atomic E-state index is 0.213. The van der Waals surface area contributed by atoms with E-state index in [1.807, 2.05) is 6.07 Å². The molecule has 188 valence electrons. The van der Waals surface area contributed by atoms with Crippen molar-refractivity contribution in [1.29, 1.82) is 0 Å². The normalized spacial score (nSPS) is 28.9. The first-order chi connectivity index (χ1) is 16.9. The van der Waals surface area contributed by atoms with Crippen molar-refractivity contribution in [2.75, 3.05) is 32.9 Å². The van der Waals surface area contributed by atoms with Crippen LogP contribution in [0.4, 0.5) is 5.69 Å². The Bertz CT molecular complexity index is 1080. The second-order valence-corrected chi connectivity index (χ2v) is 11.1. The zero-order valence-corrected chi connectivity index (χ0v) is 22.1. The summed E-state index contributed by atoms with van der Waals surface area (Å²) >= 11 is 0. The third-order valence-electron chi connectivity index (χ3n) is 8.59. The van der Waals surface area contributed by atoms with Crippen molar-refractivity contribution in [3.8, 4) is 0 Å². The van der Waals surface area contributed by atoms with E-state index in [2.05, 4.69) is 92.4 Å². The topological polar surface area (TPSA) is 65.3 Å². The maximum atomic E-state index is 6.09. The molecule has 5 nitrogen and oxygen atoms in total. The summed E-state index contributed by atoms with van der Waals surface area (Å²) in [6, 6.07) is 7.08. The van der Waals surface area contributed by atoms with Gasteiger partial charge in [-0.05, 0) is 92.3 Å². The van der Waals surface area contributed by atoms with Gasteiger partial charge in [0.2, 0.25) is 0 Å². The number of hydrogen-bond donors (Lipinski definition) is 4. The summed E-state index contributed by atoms with van der Waals surface area (Å²) in [5, 5.41) is 9.64. The number of nitrogens with zero attached hydrogens (tertiary/aromatic N) is 1. The van der Waals surface area contributed by atoms with E-state index in [0.29, 0.717) is 17.9 Å². The molecule has 0 radical (unpaired) electrons. The van der Waals surface area contributed by atoms with Crippen LogP contribution in [0.5, 0.6) is 0 Å². The van der Waals surface area contributed by atoms with Crippen LogP contribution in [0.3, 0.4) is 0 Å². The lowest BCUT2D eigenvalue weighted by Crippen LogP contribution is -2.45. The highest BCUT2D eigenvalue weighted by Gasteiger charge is 2.39. The van der Waals surface area contributed by atoms with E-state index in [0.717, 1.165) is 49.0 Å². The molecular formula is C30H43N5. The van der Waals surface area contributed by atoms with Crippen LogP contribution in [0.15, 0.2) is 64.9 Å². The predicted molar refractivity (Wildman–Crippen MR) is 146 cm³/mol. The van der Waals surface area contributed by atoms with Crippen LogP contribution in [0, 0.1) is 30.6 Å². The largest absolute Gasteiger partial charge is 0.399 e. The number of nitrogen functional groups attached to an aromatic ring is 1. The standard InChI is InChI=1S/C30H43N5/c1-6-24(25-15-23-14-22(23)11-18(25)2)28(17-32-4)33-16-20-7-10-29-26(13-20)30(34-35(29)5)21-8-9-27(31)19(3)12-21/h7-12,15,20,22-24,28,30,32-34H,6,13-14,16-17,31H2,1-5H3/t20?,22?,23?,24-,28+,30?/m0/s1. The molecule has 1 aromatic rings. The van der Waals surface area contributed by atoms with Crippen molar-refractivity contribution in [1.82, 2.24) is 21.1 Å². The molecule has 1 saturated carbocycles. The van der Waals surface area contributed by atoms with Gasteiger partial charge in [-0.1, -0.05) is 42.9 Å². The van der Waals surface area contributed by atoms with E-state index >= 15 is 0 Å². The Kier molecular flexibility index (Phi) is 6.93. The molecular weight excluding hydrogens is 430 g/mol. The van der Waals surface area contributed by atoms with Gasteiger partial charge in [0.25, 0.3) is 0 Å². The number of fused-ring (bicyclic) bond motifs is 1. The Morgan fingerprint density at radius 2 is 2.00 bits per heavy atom. The highest BCUT2D eigenvalue weighted by atomic mass is 15.5. The third kappa shape index (κ3) is 4.87. The number of hydrogen-bond acceptors (Lipinski definition) is 5. The number of anilines is 1. The second-order valence-electron chi connectivity index (χ2n) is 11.1. The summed E-state index contributed by atoms with van der Waals surface area (Å²) in [6.07, 6.45) is 13.4. The summed E-state index contributed by atoms with van der Waals surface area (Å²) in [5.74, 6) is 2.65. The molecule has 0 aromatic heterocycles. The van der Waals surface area contributed by atoms with E-state index < -0.39 is 0 Å². The fraction of sp³-hybridized carbons (Fsp3) is 0.533. The number of likely N-dealkylation sites (N-methyl/N-ethyl adjacent to an activating group) is 2. The molecule has 1 aliphatic heterocycles. The molecule has 3 aliphatic carbocycles. The number of nitrogens with one attached hydrogen (secondary N) is 3. The zero-order valence-electron chi connectivity index (χ0n) is 22.1. The van der Waals surface area contributed by atoms with Gasteiger partial charge in [-0.15, -0.1) is 0 Å². The molecule has 0 spiro atoms. The Morgan fingerprint density at radius 1 is 1.20 bits per heavy atom. The van der Waals surface area contributed by atoms with E-state index in [9.17, 15) is 0 Å². The van der Waals surface area contributed by atoms with E-state index in [1.54, 1.807) is 5.57 Å². The Morgan fingerprint density at radius 3 is 2.74 bits per heavy atom. The molecule has 0 saturated heterocycles. The molecule has 1 heterocycles. The first kappa shape index (κ1) is 24.4. The monoisotopic (exact) mass is 473 g/mol. The second kappa shape index (κ2) is 9.96. The number of allylic oxidation sites excluding steroid dienone is 4. The van der Waals surface area contributed by atoms with Gasteiger partial charge in [-0.25, -0.2) is 5.43 Å². The maximum absolute atomic E-state index is 6.09. The molecule has 5 rings (SSSR count). The van der Waals surface area contributed by atoms with E-state index in [4.69, 9.17) is 5.73 Å². The van der Waals surface area contributed by atoms with Crippen molar-refractivity contribution in [2.45, 2.75) is 52.1 Å². The summed E-state index contributed by atoms with van der Waals surface area (Å²) in [4.78, 5) is 0. The quantitative estimate of drug-likeness (QED) is 0.394. The zero-order chi connectivity index (χ0) is 24.7. The minimum atomic E-state index is 0.213. The van der Waals surface area contributed by atoms with Gasteiger partial charge in [0.15, 0.2) is 0 Å². The fourth-order valence-electron chi connectivity index (χ4n) is 6.43. The van der Waals surface area contributed by atoms with Crippen LogP contribution in [-0.2, 0) is 0 Å². The van der Waals surface area contributed by atoms with Gasteiger partial charge in [0, 0.05) is 37.8 Å². The van der Waals surface area contributed by atoms with Crippen LogP contribution < -0.4 is 21.8 Å². The molecule has 1 fully saturated rings. The average molecular weight is 474 g/mol. The Labute approximate surface area is 211 Å². The molecule has 6 atom stereocenters. The molecule has 0 amide bonds. The summed E-state index contributed by atoms with van der Waals surface area (Å²) in [6.45, 7) is 8.74. The van der Waals surface area contributed by atoms with E-state index in [1.165, 1.54) is 28.8 Å². The van der Waals surface area contributed by atoms with Gasteiger partial charge in [-0.3, -0.25) is 0 Å². The lowest BCUT2D eigenvalue weighted by molar-refractivity contribution is 0.317. The average Bonchev–Trinajstić information content (AvgIpc) is 3.52. The van der Waals surface area contributed by atoms with Crippen molar-refractivity contribution >= 4 is 5.69 Å². The smallest absolute Gasteiger partial charge is 0.0745 e. The maximum Gasteiger partial charge on any atom is 0.0745 e. The van der Waals surface area contributed by atoms with Crippen LogP contribution >= 0.6 is 0 Å². The van der Waals surface area contributed by atoms with Crippen LogP contribution in [0.2, 0.25) is 0 Å². The molecule has 4 unspecified atom stereocenters. The summed E-state index contributed by atoms with van der Waals surface area (Å²) < 4.78 is 0. The lowest BCUT2D eigenvalue weighted by atomic mass is 9.81. The minimum Gasteiger partial charge on any atom is -0.399 e. The molecule has 5 N–H and O–H groups in total. The highest BCUT2D eigenvalue weighted by molar-refractivity contribution is 5.51. The molecule has 0 bridgehead atoms. The van der Waals surface area contributed by atoms with E-state index in [-0.39, 0.29) is 6.04 Å². The van der Waals surface area contributed by atoms with Crippen LogP contribution in [0.1, 0.15) is 50.3 Å². The number of rotatable bonds is 9. The fourth-order valence-corrected chi connectivity index (χ4v) is 6.43. The van der Waals surface area contributed by atoms with Crippen molar-refractivity contribution in [3.05, 3.63) is 76.0 Å². The molecule has 4 aliphatic rings. The number of nitrogens with two attached hydrogens (primary N) is 1. The van der Waals surface area contributed by atoms with Gasteiger partial charge in [0.1, 0.15) is 0 Å². The highest BCUT2D eigenvalue weighted by Crippen LogP contribution is 2.48. The van der Waals surface area contributed by atoms with Gasteiger partial charge in [-0.2, -0.15) is 0 Å². The first-order valence-electron chi connectivity index (χ1n) is 13.4. The summed E-state index contributed by atoms with van der Waals surface area (Å²) in [5.41, 5.74) is 18.9. The van der Waals surface area contributed by atoms with Crippen molar-refractivity contribution in [2.24, 2.45) is 23.7 Å². The first-order valence-corrected chi connectivity index (χ1v) is 13.4. The molecule has 1 aromatic carbocycles. The van der Waals surface area contributed by atoms with Crippen LogP contribution in [0.25, 0.3) is 0 Å². The summed E-state index contributed by atoms with van der Waals surface area (Å²) in [7, 11) is 4.20. The predicted octanol–water partition coefficient (Wildman–Crippen LogP) is 4.62. The number of benzene rings is 1. The van der Waals surface area contributed by atoms with Crippen molar-refractivity contribution < 1.29 is 0 Å². The number of hydrazine groups is 1. The van der Waals surface area contributed by atoms with Crippen molar-refractivity contribution in [3.63, 3.8) is 0 Å². The number of aryl methyl sites for hydroxylation is 1. The SMILES string of the molecule is CC[C@@H](C1=CC2CC2C=C1C)[C@@H](CNC)NCC1C=CC2=C(C1)C(c1ccc(N)c(C)c1)NN2C. The van der Waals surface area contributed by atoms with Gasteiger partial charge in [0.05, 0.1) is 11.7 Å². The van der Waals surface area contributed by atoms with Gasteiger partial charge < -0.3 is 21.4 Å². The Balaban J connectivity index is 1.28. The molecule has 35 heavy (non-hydrogen) atoms.